The maximum atomic E-state index is 12.2. The molecule has 0 aliphatic rings. The average molecular weight is 358 g/mol. The maximum Gasteiger partial charge on any atom is 0.417 e. The van der Waals surface area contributed by atoms with Gasteiger partial charge in [0.2, 0.25) is 0 Å². The molecule has 2 aromatic rings. The molecule has 6 nitrogen and oxygen atoms in total. The molecule has 0 aliphatic heterocycles. The first kappa shape index (κ1) is 18.8. The van der Waals surface area contributed by atoms with Crippen LogP contribution in [-0.2, 0) is 11.3 Å². The van der Waals surface area contributed by atoms with Crippen molar-refractivity contribution in [3.8, 4) is 5.75 Å². The van der Waals surface area contributed by atoms with Gasteiger partial charge in [0.25, 0.3) is 0 Å². The molecular formula is C16H17F3N2O4. The Hall–Kier alpha value is -2.55. The molecule has 0 aliphatic carbocycles. The van der Waals surface area contributed by atoms with Crippen molar-refractivity contribution in [1.29, 1.82) is 0 Å². The highest BCUT2D eigenvalue weighted by Gasteiger charge is 2.38. The van der Waals surface area contributed by atoms with Crippen LogP contribution in [0.3, 0.4) is 0 Å². The summed E-state index contributed by atoms with van der Waals surface area (Å²) in [6, 6.07) is 6.30. The Morgan fingerprint density at radius 1 is 1.32 bits per heavy atom. The van der Waals surface area contributed by atoms with Gasteiger partial charge in [-0.15, -0.1) is 0 Å². The number of hydrogen-bond donors (Lipinski definition) is 1. The quantitative estimate of drug-likeness (QED) is 0.770. The number of rotatable bonds is 7. The minimum Gasteiger partial charge on any atom is -0.491 e. The van der Waals surface area contributed by atoms with E-state index in [1.54, 1.807) is 25.3 Å². The predicted molar refractivity (Wildman–Crippen MR) is 81.3 cm³/mol. The van der Waals surface area contributed by atoms with Crippen LogP contribution in [0, 0.1) is 0 Å². The number of esters is 1. The van der Waals surface area contributed by atoms with Crippen LogP contribution in [0.15, 0.2) is 36.7 Å². The molecule has 0 fully saturated rings. The summed E-state index contributed by atoms with van der Waals surface area (Å²) in [7, 11) is 0. The Labute approximate surface area is 141 Å². The number of aliphatic hydroxyl groups is 1. The Morgan fingerprint density at radius 3 is 2.60 bits per heavy atom. The van der Waals surface area contributed by atoms with Crippen LogP contribution in [-0.4, -0.2) is 46.4 Å². The van der Waals surface area contributed by atoms with Crippen molar-refractivity contribution in [1.82, 2.24) is 9.78 Å². The van der Waals surface area contributed by atoms with Gasteiger partial charge in [-0.05, 0) is 24.6 Å². The van der Waals surface area contributed by atoms with Crippen LogP contribution in [0.5, 0.6) is 5.75 Å². The number of nitrogens with zero attached hydrogens (tertiary/aromatic N) is 2. The van der Waals surface area contributed by atoms with E-state index in [0.29, 0.717) is 12.1 Å². The van der Waals surface area contributed by atoms with Gasteiger partial charge >= 0.3 is 12.1 Å². The first-order chi connectivity index (χ1) is 11.8. The molecule has 9 heteroatoms. The van der Waals surface area contributed by atoms with Gasteiger partial charge in [0, 0.05) is 6.20 Å². The van der Waals surface area contributed by atoms with Crippen LogP contribution in [0.4, 0.5) is 13.2 Å². The molecule has 1 heterocycles. The lowest BCUT2D eigenvalue weighted by molar-refractivity contribution is -0.210. The number of aliphatic hydroxyl groups excluding tert-OH is 1. The highest BCUT2D eigenvalue weighted by atomic mass is 19.4. The second-order valence-corrected chi connectivity index (χ2v) is 5.16. The molecular weight excluding hydrogens is 341 g/mol. The molecule has 0 radical (unpaired) electrons. The van der Waals surface area contributed by atoms with Crippen molar-refractivity contribution in [2.24, 2.45) is 0 Å². The smallest absolute Gasteiger partial charge is 0.417 e. The normalized spacial score (nSPS) is 12.7. The summed E-state index contributed by atoms with van der Waals surface area (Å²) in [5.74, 6) is -0.250. The summed E-state index contributed by atoms with van der Waals surface area (Å²) < 4.78 is 47.9. The van der Waals surface area contributed by atoms with Crippen LogP contribution >= 0.6 is 0 Å². The van der Waals surface area contributed by atoms with E-state index < -0.39 is 24.9 Å². The van der Waals surface area contributed by atoms with Crippen LogP contribution in [0.2, 0.25) is 0 Å². The van der Waals surface area contributed by atoms with E-state index in [1.807, 2.05) is 0 Å². The lowest BCUT2D eigenvalue weighted by Gasteiger charge is -2.15. The monoisotopic (exact) mass is 358 g/mol. The summed E-state index contributed by atoms with van der Waals surface area (Å²) in [5.41, 5.74) is 1.14. The number of ether oxygens (including phenoxy) is 2. The molecule has 1 atom stereocenters. The third kappa shape index (κ3) is 5.49. The number of halogens is 3. The fourth-order valence-corrected chi connectivity index (χ4v) is 1.92. The topological polar surface area (TPSA) is 73.6 Å². The molecule has 1 unspecified atom stereocenters. The fraction of sp³-hybridized carbons (Fsp3) is 0.375. The van der Waals surface area contributed by atoms with E-state index >= 15 is 0 Å². The van der Waals surface area contributed by atoms with Gasteiger partial charge in [-0.2, -0.15) is 18.3 Å². The molecule has 1 N–H and O–H groups in total. The number of hydrogen-bond acceptors (Lipinski definition) is 5. The van der Waals surface area contributed by atoms with Crippen molar-refractivity contribution in [2.45, 2.75) is 25.7 Å². The van der Waals surface area contributed by atoms with E-state index in [-0.39, 0.29) is 12.4 Å². The summed E-state index contributed by atoms with van der Waals surface area (Å²) in [6.45, 7) is 1.48. The van der Waals surface area contributed by atoms with Crippen LogP contribution in [0.25, 0.3) is 0 Å². The zero-order valence-corrected chi connectivity index (χ0v) is 13.4. The zero-order chi connectivity index (χ0) is 18.4. The Bertz CT molecular complexity index is 698. The van der Waals surface area contributed by atoms with Crippen molar-refractivity contribution in [2.75, 3.05) is 13.2 Å². The molecule has 2 rings (SSSR count). The highest BCUT2D eigenvalue weighted by Crippen LogP contribution is 2.21. The van der Waals surface area contributed by atoms with Gasteiger partial charge < -0.3 is 14.6 Å². The van der Waals surface area contributed by atoms with Crippen molar-refractivity contribution in [3.05, 3.63) is 47.8 Å². The Kier molecular flexibility index (Phi) is 6.02. The Balaban J connectivity index is 1.91. The van der Waals surface area contributed by atoms with Gasteiger partial charge in [-0.3, -0.25) is 4.68 Å². The molecule has 136 valence electrons. The number of carbonyl (C=O) groups excluding carboxylic acids is 1. The molecule has 0 saturated carbocycles. The molecule has 0 saturated heterocycles. The number of benzene rings is 1. The van der Waals surface area contributed by atoms with Gasteiger partial charge in [0.1, 0.15) is 12.4 Å². The third-order valence-corrected chi connectivity index (χ3v) is 3.20. The third-order valence-electron chi connectivity index (χ3n) is 3.20. The minimum absolute atomic E-state index is 0.208. The van der Waals surface area contributed by atoms with E-state index in [9.17, 15) is 18.0 Å². The molecule has 0 spiro atoms. The summed E-state index contributed by atoms with van der Waals surface area (Å²) in [6.07, 6.45) is -4.30. The largest absolute Gasteiger partial charge is 0.491 e. The first-order valence-electron chi connectivity index (χ1n) is 7.45. The molecule has 1 aromatic carbocycles. The SMILES string of the molecule is CCOC(=O)c1cnn(Cc2ccc(OCC(O)C(F)(F)F)cc2)c1. The standard InChI is InChI=1S/C16H17F3N2O4/c1-2-24-15(23)12-7-20-21(9-12)8-11-3-5-13(6-4-11)25-10-14(22)16(17,18)19/h3-7,9,14,22H,2,8,10H2,1H3. The average Bonchev–Trinajstić information content (AvgIpc) is 3.02. The lowest BCUT2D eigenvalue weighted by Crippen LogP contribution is -2.34. The molecule has 0 amide bonds. The predicted octanol–water partition coefficient (Wildman–Crippen LogP) is 2.41. The van der Waals surface area contributed by atoms with Crippen LogP contribution < -0.4 is 4.74 Å². The summed E-state index contributed by atoms with van der Waals surface area (Å²) in [4.78, 5) is 11.6. The molecule has 25 heavy (non-hydrogen) atoms. The number of alkyl halides is 3. The van der Waals surface area contributed by atoms with E-state index in [4.69, 9.17) is 14.6 Å². The first-order valence-corrected chi connectivity index (χ1v) is 7.45. The molecule has 1 aromatic heterocycles. The van der Waals surface area contributed by atoms with Crippen molar-refractivity contribution < 1.29 is 32.5 Å². The minimum atomic E-state index is -4.71. The zero-order valence-electron chi connectivity index (χ0n) is 13.4. The Morgan fingerprint density at radius 2 is 2.00 bits per heavy atom. The fourth-order valence-electron chi connectivity index (χ4n) is 1.92. The van der Waals surface area contributed by atoms with Gasteiger partial charge in [-0.25, -0.2) is 4.79 Å². The maximum absolute atomic E-state index is 12.2. The van der Waals surface area contributed by atoms with E-state index in [1.165, 1.54) is 23.0 Å². The van der Waals surface area contributed by atoms with Crippen molar-refractivity contribution in [3.63, 3.8) is 0 Å². The van der Waals surface area contributed by atoms with E-state index in [2.05, 4.69) is 5.10 Å². The second kappa shape index (κ2) is 8.02. The highest BCUT2D eigenvalue weighted by molar-refractivity contribution is 5.88. The molecule has 0 bridgehead atoms. The van der Waals surface area contributed by atoms with Gasteiger partial charge in [0.05, 0.1) is 24.9 Å². The van der Waals surface area contributed by atoms with Crippen LogP contribution in [0.1, 0.15) is 22.8 Å². The van der Waals surface area contributed by atoms with Gasteiger partial charge in [-0.1, -0.05) is 12.1 Å². The number of carbonyl (C=O) groups is 1. The summed E-state index contributed by atoms with van der Waals surface area (Å²) >= 11 is 0. The van der Waals surface area contributed by atoms with E-state index in [0.717, 1.165) is 5.56 Å². The van der Waals surface area contributed by atoms with Gasteiger partial charge in [0.15, 0.2) is 6.10 Å². The number of aromatic nitrogens is 2. The second-order valence-electron chi connectivity index (χ2n) is 5.16. The lowest BCUT2D eigenvalue weighted by atomic mass is 10.2. The van der Waals surface area contributed by atoms with Crippen molar-refractivity contribution >= 4 is 5.97 Å². The summed E-state index contributed by atoms with van der Waals surface area (Å²) in [5, 5.41) is 12.9.